The maximum Gasteiger partial charge on any atom is 0.330 e. The number of carbonyl (C=O) groups is 1. The lowest BCUT2D eigenvalue weighted by molar-refractivity contribution is -0.893. The molecule has 0 aliphatic heterocycles. The van der Waals surface area contributed by atoms with Crippen molar-refractivity contribution in [3.8, 4) is 0 Å². The number of likely N-dealkylation sites (N-methyl/N-ethyl adjacent to an activating group) is 1. The first kappa shape index (κ1) is 17.0. The van der Waals surface area contributed by atoms with Gasteiger partial charge in [-0.25, -0.2) is 4.79 Å². The molecule has 8 heteroatoms. The molecular formula is C10H20NO6S+. The molecule has 0 bridgehead atoms. The Hall–Kier alpha value is -0.960. The predicted molar refractivity (Wildman–Crippen MR) is 65.4 cm³/mol. The molecule has 0 aliphatic rings. The molecule has 0 spiro atoms. The summed E-state index contributed by atoms with van der Waals surface area (Å²) < 4.78 is 34.8. The molecule has 2 N–H and O–H groups in total. The Morgan fingerprint density at radius 1 is 1.50 bits per heavy atom. The summed E-state index contributed by atoms with van der Waals surface area (Å²) in [5.41, 5.74) is 0. The fraction of sp³-hybridized carbons (Fsp3) is 0.700. The van der Waals surface area contributed by atoms with Crippen molar-refractivity contribution < 1.29 is 32.1 Å². The van der Waals surface area contributed by atoms with Crippen molar-refractivity contribution in [2.45, 2.75) is 6.10 Å². The summed E-state index contributed by atoms with van der Waals surface area (Å²) in [4.78, 5) is 10.8. The topological polar surface area (TPSA) is 101 Å². The van der Waals surface area contributed by atoms with Gasteiger partial charge in [-0.3, -0.25) is 4.55 Å². The summed E-state index contributed by atoms with van der Waals surface area (Å²) in [5, 5.41) is 9.50. The first-order valence-electron chi connectivity index (χ1n) is 5.30. The molecule has 0 fully saturated rings. The van der Waals surface area contributed by atoms with Crippen LogP contribution in [0.25, 0.3) is 0 Å². The fourth-order valence-electron chi connectivity index (χ4n) is 1.41. The Bertz CT molecular complexity index is 389. The number of carbonyl (C=O) groups excluding carboxylic acids is 1. The predicted octanol–water partition coefficient (Wildman–Crippen LogP) is -0.959. The number of hydrogen-bond donors (Lipinski definition) is 2. The standard InChI is InChI=1S/C10H19NO6S/c1-4-10(13)17-6-5-11(2,3)7-9(12)8-18(14,15)16/h4,9,12H,1,5-8H2,2-3H3/p+1. The minimum absolute atomic E-state index is 0.116. The fourth-order valence-corrected chi connectivity index (χ4v) is 2.00. The van der Waals surface area contributed by atoms with Crippen LogP contribution in [-0.4, -0.2) is 74.2 Å². The van der Waals surface area contributed by atoms with Crippen molar-refractivity contribution in [3.63, 3.8) is 0 Å². The minimum Gasteiger partial charge on any atom is -0.457 e. The van der Waals surface area contributed by atoms with E-state index in [2.05, 4.69) is 6.58 Å². The zero-order valence-corrected chi connectivity index (χ0v) is 11.4. The van der Waals surface area contributed by atoms with Gasteiger partial charge < -0.3 is 14.3 Å². The van der Waals surface area contributed by atoms with Crippen LogP contribution in [0.2, 0.25) is 0 Å². The molecule has 0 saturated heterocycles. The molecule has 0 aliphatic carbocycles. The van der Waals surface area contributed by atoms with E-state index in [9.17, 15) is 18.3 Å². The van der Waals surface area contributed by atoms with E-state index >= 15 is 0 Å². The van der Waals surface area contributed by atoms with Gasteiger partial charge in [0.25, 0.3) is 10.1 Å². The molecule has 0 rings (SSSR count). The maximum atomic E-state index is 10.8. The Kier molecular flexibility index (Phi) is 6.47. The number of nitrogens with zero attached hydrogens (tertiary/aromatic N) is 1. The van der Waals surface area contributed by atoms with Crippen LogP contribution in [0.15, 0.2) is 12.7 Å². The molecule has 0 aromatic rings. The molecule has 1 unspecified atom stereocenters. The number of rotatable bonds is 8. The van der Waals surface area contributed by atoms with Crippen molar-refractivity contribution >= 4 is 16.1 Å². The van der Waals surface area contributed by atoms with Crippen molar-refractivity contribution in [2.24, 2.45) is 0 Å². The van der Waals surface area contributed by atoms with Crippen LogP contribution in [0.4, 0.5) is 0 Å². The number of aliphatic hydroxyl groups excluding tert-OH is 1. The smallest absolute Gasteiger partial charge is 0.330 e. The number of quaternary nitrogens is 1. The van der Waals surface area contributed by atoms with Gasteiger partial charge in [0.05, 0.1) is 14.1 Å². The average Bonchev–Trinajstić information content (AvgIpc) is 2.12. The Balaban J connectivity index is 4.13. The number of ether oxygens (including phenoxy) is 1. The van der Waals surface area contributed by atoms with Gasteiger partial charge in [0.15, 0.2) is 0 Å². The van der Waals surface area contributed by atoms with Crippen LogP contribution < -0.4 is 0 Å². The van der Waals surface area contributed by atoms with E-state index in [1.165, 1.54) is 0 Å². The summed E-state index contributed by atoms with van der Waals surface area (Å²) >= 11 is 0. The van der Waals surface area contributed by atoms with Crippen molar-refractivity contribution in [3.05, 3.63) is 12.7 Å². The molecule has 0 aromatic heterocycles. The highest BCUT2D eigenvalue weighted by atomic mass is 32.2. The SMILES string of the molecule is C=CC(=O)OCC[N+](C)(C)CC(O)CS(=O)(=O)O. The molecule has 7 nitrogen and oxygen atoms in total. The minimum atomic E-state index is -4.19. The quantitative estimate of drug-likeness (QED) is 0.257. The third kappa shape index (κ3) is 9.11. The molecule has 18 heavy (non-hydrogen) atoms. The molecule has 0 radical (unpaired) electrons. The summed E-state index contributed by atoms with van der Waals surface area (Å²) in [5.74, 6) is -1.24. The number of hydrogen-bond acceptors (Lipinski definition) is 5. The highest BCUT2D eigenvalue weighted by Gasteiger charge is 2.24. The summed E-state index contributed by atoms with van der Waals surface area (Å²) in [6.45, 7) is 3.91. The number of aliphatic hydroxyl groups is 1. The van der Waals surface area contributed by atoms with Gasteiger partial charge in [0.2, 0.25) is 0 Å². The highest BCUT2D eigenvalue weighted by molar-refractivity contribution is 7.85. The van der Waals surface area contributed by atoms with Gasteiger partial charge in [-0.05, 0) is 0 Å². The van der Waals surface area contributed by atoms with Crippen LogP contribution in [0.1, 0.15) is 0 Å². The van der Waals surface area contributed by atoms with Crippen LogP contribution in [0, 0.1) is 0 Å². The van der Waals surface area contributed by atoms with Gasteiger partial charge in [-0.2, -0.15) is 8.42 Å². The lowest BCUT2D eigenvalue weighted by Crippen LogP contribution is -2.49. The second kappa shape index (κ2) is 6.83. The maximum absolute atomic E-state index is 10.8. The summed E-state index contributed by atoms with van der Waals surface area (Å²) in [7, 11) is -0.702. The van der Waals surface area contributed by atoms with E-state index in [0.29, 0.717) is 6.54 Å². The van der Waals surface area contributed by atoms with E-state index in [-0.39, 0.29) is 17.6 Å². The Labute approximate surface area is 107 Å². The second-order valence-corrected chi connectivity index (χ2v) is 6.11. The van der Waals surface area contributed by atoms with E-state index in [0.717, 1.165) is 6.08 Å². The Morgan fingerprint density at radius 3 is 2.50 bits per heavy atom. The van der Waals surface area contributed by atoms with E-state index < -0.39 is 27.9 Å². The highest BCUT2D eigenvalue weighted by Crippen LogP contribution is 2.02. The van der Waals surface area contributed by atoms with Gasteiger partial charge >= 0.3 is 5.97 Å². The monoisotopic (exact) mass is 282 g/mol. The zero-order chi connectivity index (χ0) is 14.4. The zero-order valence-electron chi connectivity index (χ0n) is 10.6. The first-order valence-corrected chi connectivity index (χ1v) is 6.91. The number of esters is 1. The van der Waals surface area contributed by atoms with Gasteiger partial charge in [-0.1, -0.05) is 6.58 Å². The van der Waals surface area contributed by atoms with E-state index in [4.69, 9.17) is 9.29 Å². The summed E-state index contributed by atoms with van der Waals surface area (Å²) in [6.07, 6.45) is -0.127. The van der Waals surface area contributed by atoms with Crippen LogP contribution in [0.5, 0.6) is 0 Å². The first-order chi connectivity index (χ1) is 8.06. The molecule has 106 valence electrons. The van der Waals surface area contributed by atoms with Gasteiger partial charge in [-0.15, -0.1) is 0 Å². The van der Waals surface area contributed by atoms with Crippen LogP contribution >= 0.6 is 0 Å². The van der Waals surface area contributed by atoms with Gasteiger partial charge in [0.1, 0.15) is 31.6 Å². The van der Waals surface area contributed by atoms with Crippen molar-refractivity contribution in [2.75, 3.05) is 39.5 Å². The Morgan fingerprint density at radius 2 is 2.06 bits per heavy atom. The summed E-state index contributed by atoms with van der Waals surface area (Å²) in [6, 6.07) is 0. The normalized spacial score (nSPS) is 14.0. The van der Waals surface area contributed by atoms with Crippen molar-refractivity contribution in [1.29, 1.82) is 0 Å². The largest absolute Gasteiger partial charge is 0.457 e. The molecular weight excluding hydrogens is 262 g/mol. The average molecular weight is 282 g/mol. The van der Waals surface area contributed by atoms with Gasteiger partial charge in [0, 0.05) is 6.08 Å². The molecule has 0 saturated carbocycles. The lowest BCUT2D eigenvalue weighted by atomic mass is 10.3. The lowest BCUT2D eigenvalue weighted by Gasteiger charge is -2.31. The molecule has 1 atom stereocenters. The third-order valence-electron chi connectivity index (χ3n) is 2.22. The third-order valence-corrected chi connectivity index (χ3v) is 3.02. The molecule has 0 heterocycles. The van der Waals surface area contributed by atoms with Crippen molar-refractivity contribution in [1.82, 2.24) is 0 Å². The van der Waals surface area contributed by atoms with E-state index in [1.807, 2.05) is 0 Å². The molecule has 0 aromatic carbocycles. The molecule has 0 amide bonds. The van der Waals surface area contributed by atoms with Crippen LogP contribution in [-0.2, 0) is 19.6 Å². The van der Waals surface area contributed by atoms with Crippen LogP contribution in [0.3, 0.4) is 0 Å². The second-order valence-electron chi connectivity index (χ2n) is 4.62. The van der Waals surface area contributed by atoms with E-state index in [1.54, 1.807) is 14.1 Å².